The summed E-state index contributed by atoms with van der Waals surface area (Å²) in [6.07, 6.45) is 7.18. The number of carboxylic acid groups (broad SMARTS) is 1. The molecule has 0 aliphatic rings. The van der Waals surface area contributed by atoms with E-state index in [1.807, 2.05) is 54.6 Å². The third kappa shape index (κ3) is 12.7. The maximum absolute atomic E-state index is 10.9. The van der Waals surface area contributed by atoms with E-state index in [0.717, 1.165) is 35.8 Å². The van der Waals surface area contributed by atoms with Gasteiger partial charge in [-0.15, -0.1) is 0 Å². The van der Waals surface area contributed by atoms with Gasteiger partial charge in [-0.3, -0.25) is 0 Å². The molecule has 0 atom stereocenters. The number of unbranched alkanes of at least 4 members (excludes halogenated alkanes) is 3. The lowest BCUT2D eigenvalue weighted by atomic mass is 10.2. The average Bonchev–Trinajstić information content (AvgIpc) is 2.77. The first-order chi connectivity index (χ1) is 14.9. The van der Waals surface area contributed by atoms with Gasteiger partial charge in [0.15, 0.2) is 0 Å². The predicted octanol–water partition coefficient (Wildman–Crippen LogP) is 6.05. The average molecular weight is 425 g/mol. The summed E-state index contributed by atoms with van der Waals surface area (Å²) in [5.41, 5.74) is 2.41. The summed E-state index contributed by atoms with van der Waals surface area (Å²) in [6.45, 7) is 8.36. The van der Waals surface area contributed by atoms with Crippen molar-refractivity contribution < 1.29 is 24.2 Å². The molecular formula is C26H32O5. The molecule has 0 heterocycles. The van der Waals surface area contributed by atoms with Gasteiger partial charge in [0.2, 0.25) is 0 Å². The zero-order valence-corrected chi connectivity index (χ0v) is 18.4. The van der Waals surface area contributed by atoms with Crippen LogP contribution < -0.4 is 4.74 Å². The summed E-state index contributed by atoms with van der Waals surface area (Å²) >= 11 is 0. The van der Waals surface area contributed by atoms with Crippen molar-refractivity contribution in [3.63, 3.8) is 0 Å². The summed E-state index contributed by atoms with van der Waals surface area (Å²) in [5, 5.41) is 8.53. The molecule has 0 fully saturated rings. The first-order valence-corrected chi connectivity index (χ1v) is 10.4. The Morgan fingerprint density at radius 1 is 1.00 bits per heavy atom. The molecule has 2 aromatic rings. The Morgan fingerprint density at radius 3 is 2.26 bits per heavy atom. The fourth-order valence-electron chi connectivity index (χ4n) is 2.40. The lowest BCUT2D eigenvalue weighted by Crippen LogP contribution is -2.05. The summed E-state index contributed by atoms with van der Waals surface area (Å²) in [4.78, 5) is 21.2. The van der Waals surface area contributed by atoms with Gasteiger partial charge in [0.25, 0.3) is 0 Å². The maximum atomic E-state index is 10.9. The second-order valence-corrected chi connectivity index (χ2v) is 6.99. The smallest absolute Gasteiger partial charge is 0.333 e. The molecular weight excluding hydrogens is 392 g/mol. The standard InChI is InChI=1S/C16H14O3.C10H18O2/c17-16(18)11-8-13-6-9-15(10-7-13)19-12-14-4-2-1-3-5-14;1-4-5-6-7-8-12-10(11)9(2)3/h1-11H,12H2,(H,17,18);2,4-8H2,1,3H3. The van der Waals surface area contributed by atoms with Gasteiger partial charge in [-0.25, -0.2) is 9.59 Å². The van der Waals surface area contributed by atoms with Crippen LogP contribution in [-0.4, -0.2) is 23.7 Å². The minimum absolute atomic E-state index is 0.272. The number of hydrogen-bond donors (Lipinski definition) is 1. The van der Waals surface area contributed by atoms with E-state index in [-0.39, 0.29) is 5.97 Å². The molecule has 0 amide bonds. The normalized spacial score (nSPS) is 10.1. The van der Waals surface area contributed by atoms with Gasteiger partial charge in [-0.1, -0.05) is 75.2 Å². The van der Waals surface area contributed by atoms with E-state index in [4.69, 9.17) is 14.6 Å². The molecule has 166 valence electrons. The quantitative estimate of drug-likeness (QED) is 0.270. The van der Waals surface area contributed by atoms with Gasteiger partial charge in [-0.2, -0.15) is 0 Å². The van der Waals surface area contributed by atoms with Crippen molar-refractivity contribution in [3.8, 4) is 5.75 Å². The van der Waals surface area contributed by atoms with Gasteiger partial charge >= 0.3 is 11.9 Å². The third-order valence-electron chi connectivity index (χ3n) is 4.13. The van der Waals surface area contributed by atoms with Crippen molar-refractivity contribution in [2.45, 2.75) is 46.1 Å². The molecule has 0 saturated carbocycles. The van der Waals surface area contributed by atoms with E-state index in [1.54, 1.807) is 13.0 Å². The zero-order chi connectivity index (χ0) is 22.9. The summed E-state index contributed by atoms with van der Waals surface area (Å²) in [7, 11) is 0. The molecule has 0 bridgehead atoms. The molecule has 5 heteroatoms. The molecule has 5 nitrogen and oxygen atoms in total. The predicted molar refractivity (Wildman–Crippen MR) is 124 cm³/mol. The number of ether oxygens (including phenoxy) is 2. The molecule has 0 aliphatic heterocycles. The number of carbonyl (C=O) groups excluding carboxylic acids is 1. The first kappa shape index (κ1) is 25.7. The zero-order valence-electron chi connectivity index (χ0n) is 18.4. The monoisotopic (exact) mass is 424 g/mol. The fraction of sp³-hybridized carbons (Fsp3) is 0.308. The second kappa shape index (κ2) is 15.5. The SMILES string of the molecule is C=C(C)C(=O)OCCCCCC.O=C(O)C=Cc1ccc(OCc2ccccc2)cc1. The van der Waals surface area contributed by atoms with Crippen molar-refractivity contribution in [3.05, 3.63) is 84.0 Å². The molecule has 0 radical (unpaired) electrons. The number of carbonyl (C=O) groups is 2. The minimum atomic E-state index is -0.954. The molecule has 0 unspecified atom stereocenters. The van der Waals surface area contributed by atoms with Crippen LogP contribution in [-0.2, 0) is 20.9 Å². The molecule has 1 N–H and O–H groups in total. The number of benzene rings is 2. The number of carboxylic acids is 1. The molecule has 0 saturated heterocycles. The highest BCUT2D eigenvalue weighted by atomic mass is 16.5. The van der Waals surface area contributed by atoms with Crippen molar-refractivity contribution in [2.75, 3.05) is 6.61 Å². The number of aliphatic carboxylic acids is 1. The second-order valence-electron chi connectivity index (χ2n) is 6.99. The number of rotatable bonds is 11. The Bertz CT molecular complexity index is 823. The van der Waals surface area contributed by atoms with Crippen LogP contribution >= 0.6 is 0 Å². The van der Waals surface area contributed by atoms with Crippen LogP contribution in [0.4, 0.5) is 0 Å². The van der Waals surface area contributed by atoms with Crippen LogP contribution in [0.3, 0.4) is 0 Å². The first-order valence-electron chi connectivity index (χ1n) is 10.4. The molecule has 31 heavy (non-hydrogen) atoms. The molecule has 2 aromatic carbocycles. The Kier molecular flexibility index (Phi) is 12.8. The maximum Gasteiger partial charge on any atom is 0.333 e. The largest absolute Gasteiger partial charge is 0.489 e. The Morgan fingerprint density at radius 2 is 1.68 bits per heavy atom. The Labute approximate surface area is 185 Å². The van der Waals surface area contributed by atoms with Gasteiger partial charge in [0.1, 0.15) is 12.4 Å². The van der Waals surface area contributed by atoms with Crippen LogP contribution in [0.1, 0.15) is 50.7 Å². The van der Waals surface area contributed by atoms with Crippen molar-refractivity contribution >= 4 is 18.0 Å². The molecule has 2 rings (SSSR count). The van der Waals surface area contributed by atoms with Crippen molar-refractivity contribution in [2.24, 2.45) is 0 Å². The van der Waals surface area contributed by atoms with Crippen LogP contribution in [0.25, 0.3) is 6.08 Å². The van der Waals surface area contributed by atoms with Crippen molar-refractivity contribution in [1.82, 2.24) is 0 Å². The van der Waals surface area contributed by atoms with Crippen molar-refractivity contribution in [1.29, 1.82) is 0 Å². The lowest BCUT2D eigenvalue weighted by molar-refractivity contribution is -0.139. The van der Waals surface area contributed by atoms with E-state index < -0.39 is 5.97 Å². The van der Waals surface area contributed by atoms with Crippen LogP contribution in [0.15, 0.2) is 72.8 Å². The van der Waals surface area contributed by atoms with Gasteiger partial charge in [0.05, 0.1) is 6.61 Å². The van der Waals surface area contributed by atoms with E-state index >= 15 is 0 Å². The van der Waals surface area contributed by atoms with Crippen LogP contribution in [0.2, 0.25) is 0 Å². The van der Waals surface area contributed by atoms with Crippen LogP contribution in [0.5, 0.6) is 5.75 Å². The number of hydrogen-bond acceptors (Lipinski definition) is 4. The fourth-order valence-corrected chi connectivity index (χ4v) is 2.40. The Balaban J connectivity index is 0.000000348. The van der Waals surface area contributed by atoms with Gasteiger partial charge in [0, 0.05) is 11.6 Å². The highest BCUT2D eigenvalue weighted by Crippen LogP contribution is 2.15. The third-order valence-corrected chi connectivity index (χ3v) is 4.13. The highest BCUT2D eigenvalue weighted by Gasteiger charge is 2.01. The molecule has 0 spiro atoms. The van der Waals surface area contributed by atoms with Gasteiger partial charge < -0.3 is 14.6 Å². The summed E-state index contributed by atoms with van der Waals surface area (Å²) in [5.74, 6) is -0.466. The molecule has 0 aromatic heterocycles. The highest BCUT2D eigenvalue weighted by molar-refractivity contribution is 5.87. The topological polar surface area (TPSA) is 72.8 Å². The van der Waals surface area contributed by atoms with Gasteiger partial charge in [-0.05, 0) is 42.7 Å². The van der Waals surface area contributed by atoms with E-state index in [9.17, 15) is 9.59 Å². The lowest BCUT2D eigenvalue weighted by Gasteiger charge is -2.06. The van der Waals surface area contributed by atoms with E-state index in [0.29, 0.717) is 18.8 Å². The van der Waals surface area contributed by atoms with E-state index in [1.165, 1.54) is 12.8 Å². The summed E-state index contributed by atoms with van der Waals surface area (Å²) in [6, 6.07) is 17.2. The van der Waals surface area contributed by atoms with Crippen LogP contribution in [0, 0.1) is 0 Å². The number of esters is 1. The summed E-state index contributed by atoms with van der Waals surface area (Å²) < 4.78 is 10.5. The minimum Gasteiger partial charge on any atom is -0.489 e. The molecule has 0 aliphatic carbocycles. The Hall–Kier alpha value is -3.34. The van der Waals surface area contributed by atoms with E-state index in [2.05, 4.69) is 13.5 Å².